The number of benzene rings is 1. The highest BCUT2D eigenvalue weighted by Crippen LogP contribution is 2.45. The quantitative estimate of drug-likeness (QED) is 0.631. The lowest BCUT2D eigenvalue weighted by Crippen LogP contribution is -2.54. The molecule has 1 spiro atoms. The number of pyridine rings is 1. The van der Waals surface area contributed by atoms with Crippen LogP contribution in [0.15, 0.2) is 65.9 Å². The van der Waals surface area contributed by atoms with Crippen molar-refractivity contribution in [2.75, 3.05) is 0 Å². The molecule has 0 radical (unpaired) electrons. The zero-order valence-electron chi connectivity index (χ0n) is 12.9. The molecule has 0 bridgehead atoms. The number of hydrogen-bond acceptors (Lipinski definition) is 0. The monoisotopic (exact) mass is 274 g/mol. The highest BCUT2D eigenvalue weighted by molar-refractivity contribution is 5.70. The number of allylic oxidation sites excluding steroid dienone is 4. The van der Waals surface area contributed by atoms with Gasteiger partial charge in [-0.3, -0.25) is 0 Å². The molecule has 2 aromatic rings. The minimum atomic E-state index is -0.0408. The van der Waals surface area contributed by atoms with Gasteiger partial charge in [-0.1, -0.05) is 29.8 Å². The van der Waals surface area contributed by atoms with Crippen LogP contribution in [0.2, 0.25) is 0 Å². The second-order valence-electron chi connectivity index (χ2n) is 6.44. The van der Waals surface area contributed by atoms with Gasteiger partial charge in [0.15, 0.2) is 6.20 Å². The maximum Gasteiger partial charge on any atom is 0.217 e. The van der Waals surface area contributed by atoms with Gasteiger partial charge in [0.2, 0.25) is 11.2 Å². The molecule has 21 heavy (non-hydrogen) atoms. The van der Waals surface area contributed by atoms with Crippen molar-refractivity contribution in [1.29, 1.82) is 0 Å². The molecule has 2 heterocycles. The molecule has 1 aliphatic carbocycles. The average Bonchev–Trinajstić information content (AvgIpc) is 2.70. The summed E-state index contributed by atoms with van der Waals surface area (Å²) in [4.78, 5) is 0. The fourth-order valence-electron chi connectivity index (χ4n) is 4.15. The smallest absolute Gasteiger partial charge is 0.184 e. The molecule has 0 saturated heterocycles. The Bertz CT molecular complexity index is 810. The number of hydrogen-bond donors (Lipinski definition) is 0. The number of rotatable bonds is 0. The maximum atomic E-state index is 2.48. The van der Waals surface area contributed by atoms with Crippen molar-refractivity contribution in [3.63, 3.8) is 0 Å². The molecule has 1 nitrogen and oxygen atoms in total. The summed E-state index contributed by atoms with van der Waals surface area (Å²) in [6, 6.07) is 13.3. The van der Waals surface area contributed by atoms with Crippen LogP contribution in [0.3, 0.4) is 0 Å². The first-order valence-corrected chi connectivity index (χ1v) is 7.60. The van der Waals surface area contributed by atoms with E-state index in [1.165, 1.54) is 33.5 Å². The van der Waals surface area contributed by atoms with Crippen LogP contribution in [0.1, 0.15) is 31.4 Å². The van der Waals surface area contributed by atoms with Crippen LogP contribution in [0, 0.1) is 6.92 Å². The van der Waals surface area contributed by atoms with Gasteiger partial charge in [0, 0.05) is 23.6 Å². The molecule has 0 amide bonds. The fraction of sp³-hybridized carbons (Fsp3) is 0.250. The van der Waals surface area contributed by atoms with Crippen molar-refractivity contribution >= 4 is 0 Å². The van der Waals surface area contributed by atoms with E-state index in [1.54, 1.807) is 0 Å². The third-order valence-electron chi connectivity index (χ3n) is 4.76. The molecule has 0 saturated carbocycles. The molecule has 0 N–H and O–H groups in total. The van der Waals surface area contributed by atoms with Crippen LogP contribution >= 0.6 is 0 Å². The number of nitrogens with zero attached hydrogens (tertiary/aromatic N) is 1. The van der Waals surface area contributed by atoms with E-state index in [4.69, 9.17) is 0 Å². The summed E-state index contributed by atoms with van der Waals surface area (Å²) in [6.45, 7) is 6.67. The van der Waals surface area contributed by atoms with Crippen LogP contribution in [-0.2, 0) is 5.54 Å². The standard InChI is InChI=1S/C20H20N/c1-14-11-15(2)13-20(12-14)18-9-5-4-8-17(18)19-16(3)7-6-10-21(19)20/h4-12H,13H2,1-3H3/q+1. The molecule has 1 unspecified atom stereocenters. The highest BCUT2D eigenvalue weighted by atomic mass is 15.1. The predicted octanol–water partition coefficient (Wildman–Crippen LogP) is 4.30. The summed E-state index contributed by atoms with van der Waals surface area (Å²) in [5, 5.41) is 0. The van der Waals surface area contributed by atoms with Gasteiger partial charge >= 0.3 is 0 Å². The van der Waals surface area contributed by atoms with Crippen LogP contribution in [0.25, 0.3) is 11.3 Å². The molecular formula is C20H20N+. The van der Waals surface area contributed by atoms with Crippen molar-refractivity contribution < 1.29 is 4.57 Å². The Balaban J connectivity index is 2.11. The first-order chi connectivity index (χ1) is 10.1. The van der Waals surface area contributed by atoms with Gasteiger partial charge in [-0.15, -0.1) is 0 Å². The van der Waals surface area contributed by atoms with E-state index in [-0.39, 0.29) is 5.54 Å². The Morgan fingerprint density at radius 2 is 1.81 bits per heavy atom. The Morgan fingerprint density at radius 1 is 1.00 bits per heavy atom. The topological polar surface area (TPSA) is 3.88 Å². The van der Waals surface area contributed by atoms with Gasteiger partial charge in [-0.05, 0) is 44.6 Å². The van der Waals surface area contributed by atoms with Crippen LogP contribution < -0.4 is 4.57 Å². The third-order valence-corrected chi connectivity index (χ3v) is 4.76. The normalized spacial score (nSPS) is 22.6. The molecule has 1 atom stereocenters. The van der Waals surface area contributed by atoms with Gasteiger partial charge < -0.3 is 0 Å². The van der Waals surface area contributed by atoms with Gasteiger partial charge in [-0.25, -0.2) is 0 Å². The van der Waals surface area contributed by atoms with Crippen molar-refractivity contribution in [3.8, 4) is 11.3 Å². The van der Waals surface area contributed by atoms with E-state index < -0.39 is 0 Å². The number of fused-ring (bicyclic) bond motifs is 5. The summed E-state index contributed by atoms with van der Waals surface area (Å²) in [6.07, 6.45) is 8.05. The van der Waals surface area contributed by atoms with Gasteiger partial charge in [-0.2, -0.15) is 4.57 Å². The lowest BCUT2D eigenvalue weighted by atomic mass is 9.79. The summed E-state index contributed by atoms with van der Waals surface area (Å²) < 4.78 is 2.48. The second kappa shape index (κ2) is 4.17. The highest BCUT2D eigenvalue weighted by Gasteiger charge is 2.50. The molecular weight excluding hydrogens is 254 g/mol. The minimum Gasteiger partial charge on any atom is -0.184 e. The summed E-state index contributed by atoms with van der Waals surface area (Å²) >= 11 is 0. The van der Waals surface area contributed by atoms with Crippen LogP contribution in [0.5, 0.6) is 0 Å². The zero-order valence-corrected chi connectivity index (χ0v) is 12.9. The lowest BCUT2D eigenvalue weighted by Gasteiger charge is -2.26. The maximum absolute atomic E-state index is 2.48. The van der Waals surface area contributed by atoms with E-state index in [9.17, 15) is 0 Å². The molecule has 104 valence electrons. The Kier molecular flexibility index (Phi) is 2.50. The first kappa shape index (κ1) is 12.6. The number of aromatic nitrogens is 1. The molecule has 1 heteroatoms. The molecule has 0 fully saturated rings. The van der Waals surface area contributed by atoms with Gasteiger partial charge in [0.05, 0.1) is 5.56 Å². The number of aryl methyl sites for hydroxylation is 1. The summed E-state index contributed by atoms with van der Waals surface area (Å²) in [7, 11) is 0. The largest absolute Gasteiger partial charge is 0.217 e. The Morgan fingerprint density at radius 3 is 2.62 bits per heavy atom. The fourth-order valence-corrected chi connectivity index (χ4v) is 4.15. The Labute approximate surface area is 126 Å². The SMILES string of the molecule is CC1=CC2(CC(C)=C1)c1ccccc1-c1c(C)ccc[n+]12. The minimum absolute atomic E-state index is 0.0408. The van der Waals surface area contributed by atoms with Crippen LogP contribution in [-0.4, -0.2) is 0 Å². The van der Waals surface area contributed by atoms with Crippen molar-refractivity contribution in [2.45, 2.75) is 32.7 Å². The van der Waals surface area contributed by atoms with E-state index in [1.807, 2.05) is 0 Å². The molecule has 1 aromatic carbocycles. The molecule has 1 aromatic heterocycles. The average molecular weight is 274 g/mol. The summed E-state index contributed by atoms with van der Waals surface area (Å²) in [5.74, 6) is 0. The lowest BCUT2D eigenvalue weighted by molar-refractivity contribution is -0.727. The van der Waals surface area contributed by atoms with E-state index >= 15 is 0 Å². The van der Waals surface area contributed by atoms with E-state index in [0.29, 0.717) is 0 Å². The third kappa shape index (κ3) is 1.61. The van der Waals surface area contributed by atoms with Crippen molar-refractivity contribution in [2.24, 2.45) is 0 Å². The summed E-state index contributed by atoms with van der Waals surface area (Å²) in [5.41, 5.74) is 8.30. The molecule has 1 aliphatic heterocycles. The zero-order chi connectivity index (χ0) is 14.6. The predicted molar refractivity (Wildman–Crippen MR) is 86.0 cm³/mol. The van der Waals surface area contributed by atoms with E-state index in [0.717, 1.165) is 6.42 Å². The van der Waals surface area contributed by atoms with Crippen LogP contribution in [0.4, 0.5) is 0 Å². The molecule has 4 rings (SSSR count). The van der Waals surface area contributed by atoms with Gasteiger partial charge in [0.1, 0.15) is 0 Å². The second-order valence-corrected chi connectivity index (χ2v) is 6.44. The van der Waals surface area contributed by atoms with Crippen molar-refractivity contribution in [3.05, 3.63) is 77.0 Å². The Hall–Kier alpha value is -2.15. The molecule has 2 aliphatic rings. The first-order valence-electron chi connectivity index (χ1n) is 7.60. The van der Waals surface area contributed by atoms with Gasteiger partial charge in [0.25, 0.3) is 0 Å². The van der Waals surface area contributed by atoms with E-state index in [2.05, 4.69) is 80.1 Å². The van der Waals surface area contributed by atoms with Crippen molar-refractivity contribution in [1.82, 2.24) is 0 Å².